The highest BCUT2D eigenvalue weighted by Crippen LogP contribution is 2.51. The largest absolute Gasteiger partial charge is 0.484 e. The summed E-state index contributed by atoms with van der Waals surface area (Å²) in [4.78, 5) is 60.9. The molecule has 0 saturated carbocycles. The molecule has 1 aromatic heterocycles. The minimum absolute atomic E-state index is 0. The van der Waals surface area contributed by atoms with Gasteiger partial charge in [-0.3, -0.25) is 24.2 Å². The number of benzene rings is 1. The summed E-state index contributed by atoms with van der Waals surface area (Å²) >= 11 is 0. The van der Waals surface area contributed by atoms with Crippen molar-refractivity contribution in [3.05, 3.63) is 63.1 Å². The SMILES string of the molecule is CC.CN=C(C[C@@]1(C)CC[C@H](C)N2C[C@@]1(C)n1cc(C(=O)NCc3ccc(F)cc3F)c(=O)c(OC(=O)CCCCCOC)c1C2=O)OC.[HH]. The first kappa shape index (κ1) is 39.3. The number of nitrogens with one attached hydrogen (secondary N) is 1. The van der Waals surface area contributed by atoms with Crippen molar-refractivity contribution in [2.75, 3.05) is 34.4 Å². The zero-order valence-electron chi connectivity index (χ0n) is 29.9. The molecule has 1 saturated heterocycles. The maximum atomic E-state index is 14.4. The second kappa shape index (κ2) is 17.0. The molecule has 3 heterocycles. The molecule has 0 aliphatic carbocycles. The van der Waals surface area contributed by atoms with E-state index < -0.39 is 57.1 Å². The Labute approximate surface area is 288 Å². The third kappa shape index (κ3) is 8.37. The number of esters is 1. The lowest BCUT2D eigenvalue weighted by atomic mass is 9.66. The number of amides is 2. The number of ether oxygens (including phenoxy) is 3. The number of methoxy groups -OCH3 is 2. The van der Waals surface area contributed by atoms with Crippen LogP contribution in [-0.4, -0.2) is 73.6 Å². The Hall–Kier alpha value is -4.13. The molecule has 11 nitrogen and oxygen atoms in total. The van der Waals surface area contributed by atoms with Gasteiger partial charge in [0.2, 0.25) is 11.2 Å². The number of hydrogen-bond acceptors (Lipinski definition) is 8. The smallest absolute Gasteiger partial charge is 0.311 e. The van der Waals surface area contributed by atoms with Gasteiger partial charge >= 0.3 is 5.97 Å². The van der Waals surface area contributed by atoms with Gasteiger partial charge in [-0.2, -0.15) is 0 Å². The fraction of sp³-hybridized carbons (Fsp3) is 0.583. The topological polar surface area (TPSA) is 129 Å². The molecule has 2 aliphatic heterocycles. The summed E-state index contributed by atoms with van der Waals surface area (Å²) < 4.78 is 45.7. The zero-order chi connectivity index (χ0) is 36.5. The van der Waals surface area contributed by atoms with Gasteiger partial charge in [0, 0.05) is 77.4 Å². The maximum Gasteiger partial charge on any atom is 0.311 e. The first-order chi connectivity index (χ1) is 23.3. The van der Waals surface area contributed by atoms with Crippen LogP contribution in [0.15, 0.2) is 34.2 Å². The summed E-state index contributed by atoms with van der Waals surface area (Å²) in [6.45, 7) is 10.4. The van der Waals surface area contributed by atoms with Gasteiger partial charge in [0.15, 0.2) is 11.6 Å². The van der Waals surface area contributed by atoms with Crippen molar-refractivity contribution in [1.82, 2.24) is 14.8 Å². The van der Waals surface area contributed by atoms with Gasteiger partial charge in [0.25, 0.3) is 11.8 Å². The van der Waals surface area contributed by atoms with Gasteiger partial charge in [0.1, 0.15) is 17.2 Å². The lowest BCUT2D eigenvalue weighted by Gasteiger charge is -2.52. The van der Waals surface area contributed by atoms with E-state index in [0.29, 0.717) is 50.7 Å². The van der Waals surface area contributed by atoms with Crippen molar-refractivity contribution >= 4 is 23.7 Å². The van der Waals surface area contributed by atoms with E-state index in [9.17, 15) is 28.0 Å². The third-order valence-electron chi connectivity index (χ3n) is 9.76. The van der Waals surface area contributed by atoms with Gasteiger partial charge in [0.05, 0.1) is 12.6 Å². The molecule has 3 atom stereocenters. The van der Waals surface area contributed by atoms with Gasteiger partial charge in [-0.1, -0.05) is 33.3 Å². The molecule has 272 valence electrons. The molecule has 4 rings (SSSR count). The molecule has 0 unspecified atom stereocenters. The predicted molar refractivity (Wildman–Crippen MR) is 184 cm³/mol. The number of nitrogens with zero attached hydrogens (tertiary/aromatic N) is 3. The highest BCUT2D eigenvalue weighted by Gasteiger charge is 2.55. The van der Waals surface area contributed by atoms with Gasteiger partial charge in [-0.15, -0.1) is 0 Å². The molecule has 1 aromatic carbocycles. The average molecular weight is 691 g/mol. The second-order valence-electron chi connectivity index (χ2n) is 12.8. The van der Waals surface area contributed by atoms with Crippen LogP contribution < -0.4 is 15.5 Å². The van der Waals surface area contributed by atoms with Crippen molar-refractivity contribution in [2.45, 2.75) is 97.7 Å². The molecule has 0 radical (unpaired) electrons. The summed E-state index contributed by atoms with van der Waals surface area (Å²) in [6.07, 6.45) is 4.88. The zero-order valence-corrected chi connectivity index (χ0v) is 29.9. The molecule has 49 heavy (non-hydrogen) atoms. The van der Waals surface area contributed by atoms with Gasteiger partial charge < -0.3 is 29.0 Å². The number of hydrogen-bond donors (Lipinski definition) is 1. The number of fused-ring (bicyclic) bond motifs is 4. The number of rotatable bonds is 12. The van der Waals surface area contributed by atoms with Crippen molar-refractivity contribution in [2.24, 2.45) is 10.4 Å². The molecule has 2 amide bonds. The van der Waals surface area contributed by atoms with Crippen molar-refractivity contribution < 1.29 is 38.8 Å². The van der Waals surface area contributed by atoms with Crippen LogP contribution in [0.4, 0.5) is 8.78 Å². The maximum absolute atomic E-state index is 14.4. The van der Waals surface area contributed by atoms with E-state index in [1.54, 1.807) is 23.6 Å². The minimum atomic E-state index is -0.945. The summed E-state index contributed by atoms with van der Waals surface area (Å²) in [6, 6.07) is 2.75. The Morgan fingerprint density at radius 1 is 1.12 bits per heavy atom. The number of carbonyl (C=O) groups excluding carboxylic acids is 3. The van der Waals surface area contributed by atoms with E-state index in [1.807, 2.05) is 34.6 Å². The van der Waals surface area contributed by atoms with Crippen LogP contribution in [0, 0.1) is 17.0 Å². The molecule has 2 aliphatic rings. The number of carbonyl (C=O) groups is 3. The first-order valence-corrected chi connectivity index (χ1v) is 16.8. The van der Waals surface area contributed by atoms with E-state index in [-0.39, 0.29) is 38.2 Å². The Bertz CT molecular complexity index is 1620. The van der Waals surface area contributed by atoms with Crippen LogP contribution in [0.3, 0.4) is 0 Å². The summed E-state index contributed by atoms with van der Waals surface area (Å²) in [5.41, 5.74) is -2.99. The summed E-state index contributed by atoms with van der Waals surface area (Å²) in [7, 11) is 4.75. The number of aliphatic imine (C=N–C) groups is 1. The quantitative estimate of drug-likeness (QED) is 0.128. The molecule has 2 bridgehead atoms. The van der Waals surface area contributed by atoms with E-state index >= 15 is 0 Å². The van der Waals surface area contributed by atoms with E-state index in [1.165, 1.54) is 19.4 Å². The molecular formula is C36H52F2N4O7. The number of halogens is 2. The number of pyridine rings is 1. The molecule has 13 heteroatoms. The fourth-order valence-corrected chi connectivity index (χ4v) is 6.49. The van der Waals surface area contributed by atoms with Crippen LogP contribution in [0.2, 0.25) is 0 Å². The van der Waals surface area contributed by atoms with Gasteiger partial charge in [-0.25, -0.2) is 8.78 Å². The fourth-order valence-electron chi connectivity index (χ4n) is 6.49. The number of unbranched alkanes of at least 4 members (excludes halogenated alkanes) is 2. The van der Waals surface area contributed by atoms with Crippen molar-refractivity contribution in [1.29, 1.82) is 0 Å². The Morgan fingerprint density at radius 3 is 2.47 bits per heavy atom. The Kier molecular flexibility index (Phi) is 13.6. The monoisotopic (exact) mass is 690 g/mol. The van der Waals surface area contributed by atoms with Crippen molar-refractivity contribution in [3.8, 4) is 5.75 Å². The van der Waals surface area contributed by atoms with E-state index in [2.05, 4.69) is 10.3 Å². The van der Waals surface area contributed by atoms with Crippen LogP contribution >= 0.6 is 0 Å². The molecule has 0 spiro atoms. The highest BCUT2D eigenvalue weighted by atomic mass is 19.1. The standard InChI is InChI=1S/C34H44F2N4O7.C2H6.H2/c1-21-13-14-33(2,17-26(37-4)46-6)34(3)20-39(21)32(44)28-30(47-27(41)10-8-7-9-15-45-5)29(42)24(19-40(28)34)31(43)38-18-22-11-12-23(35)16-25(22)36;1-2;/h11-12,16,19,21H,7-10,13-15,17-18,20H2,1-6H3,(H,38,43);1-2H3;1H/t21-,33+,34+;;/m0../s1. The molecule has 1 fully saturated rings. The van der Waals surface area contributed by atoms with Crippen LogP contribution in [0.25, 0.3) is 0 Å². The predicted octanol–water partition coefficient (Wildman–Crippen LogP) is 5.87. The molecular weight excluding hydrogens is 638 g/mol. The third-order valence-corrected chi connectivity index (χ3v) is 9.76. The van der Waals surface area contributed by atoms with Crippen LogP contribution in [0.1, 0.15) is 107 Å². The van der Waals surface area contributed by atoms with E-state index in [4.69, 9.17) is 14.2 Å². The second-order valence-corrected chi connectivity index (χ2v) is 12.8. The first-order valence-electron chi connectivity index (χ1n) is 16.8. The Balaban J connectivity index is 0.00000284. The molecule has 1 N–H and O–H groups in total. The summed E-state index contributed by atoms with van der Waals surface area (Å²) in [5.74, 6) is -3.75. The Morgan fingerprint density at radius 2 is 1.84 bits per heavy atom. The van der Waals surface area contributed by atoms with Crippen LogP contribution in [-0.2, 0) is 26.4 Å². The van der Waals surface area contributed by atoms with E-state index in [0.717, 1.165) is 12.5 Å². The molecule has 2 aromatic rings. The normalized spacial score (nSPS) is 21.6. The van der Waals surface area contributed by atoms with Crippen LogP contribution in [0.5, 0.6) is 5.75 Å². The average Bonchev–Trinajstić information content (AvgIpc) is 3.16. The summed E-state index contributed by atoms with van der Waals surface area (Å²) in [5, 5.41) is 2.53. The highest BCUT2D eigenvalue weighted by molar-refractivity contribution is 6.00. The number of aromatic nitrogens is 1. The lowest BCUT2D eigenvalue weighted by Crippen LogP contribution is -2.60. The minimum Gasteiger partial charge on any atom is -0.484 e. The van der Waals surface area contributed by atoms with Gasteiger partial charge in [-0.05, 0) is 45.6 Å². The lowest BCUT2D eigenvalue weighted by molar-refractivity contribution is -0.134. The van der Waals surface area contributed by atoms with Crippen molar-refractivity contribution in [3.63, 3.8) is 0 Å².